The van der Waals surface area contributed by atoms with Gasteiger partial charge in [-0.3, -0.25) is 0 Å². The van der Waals surface area contributed by atoms with E-state index in [1.165, 1.54) is 0 Å². The van der Waals surface area contributed by atoms with Crippen molar-refractivity contribution < 1.29 is 4.74 Å². The molecule has 0 aliphatic carbocycles. The smallest absolute Gasteiger partial charge is 0.216 e. The van der Waals surface area contributed by atoms with Gasteiger partial charge >= 0.3 is 0 Å². The Bertz CT molecular complexity index is 587. The van der Waals surface area contributed by atoms with Gasteiger partial charge in [-0.05, 0) is 36.4 Å². The Morgan fingerprint density at radius 1 is 1.28 bits per heavy atom. The summed E-state index contributed by atoms with van der Waals surface area (Å²) in [5, 5.41) is 8.77. The van der Waals surface area contributed by atoms with Gasteiger partial charge in [0.1, 0.15) is 5.82 Å². The molecule has 2 N–H and O–H groups in total. The van der Waals surface area contributed by atoms with Gasteiger partial charge in [0.05, 0.1) is 34.2 Å². The normalized spacial score (nSPS) is 10.9. The van der Waals surface area contributed by atoms with Gasteiger partial charge in [0.15, 0.2) is 0 Å². The molecule has 0 spiro atoms. The van der Waals surface area contributed by atoms with Crippen molar-refractivity contribution in [2.24, 2.45) is 7.05 Å². The van der Waals surface area contributed by atoms with Crippen molar-refractivity contribution in [3.63, 3.8) is 0 Å². The molecule has 2 aromatic heterocycles. The molecular formula is C11H16IN5O. The van der Waals surface area contributed by atoms with Crippen LogP contribution >= 0.6 is 22.6 Å². The molecule has 6 nitrogen and oxygen atoms in total. The van der Waals surface area contributed by atoms with Crippen LogP contribution in [0.1, 0.15) is 17.0 Å². The van der Waals surface area contributed by atoms with Crippen molar-refractivity contribution in [3.05, 3.63) is 20.5 Å². The van der Waals surface area contributed by atoms with Gasteiger partial charge in [-0.2, -0.15) is 10.2 Å². The topological polar surface area (TPSA) is 70.9 Å². The number of ether oxygens (including phenoxy) is 1. The van der Waals surface area contributed by atoms with E-state index >= 15 is 0 Å². The van der Waals surface area contributed by atoms with Gasteiger partial charge in [-0.15, -0.1) is 0 Å². The summed E-state index contributed by atoms with van der Waals surface area (Å²) in [4.78, 5) is 0. The van der Waals surface area contributed by atoms with Crippen LogP contribution in [0, 0.1) is 17.4 Å². The lowest BCUT2D eigenvalue weighted by Gasteiger charge is -2.06. The first-order valence-electron chi connectivity index (χ1n) is 5.50. The van der Waals surface area contributed by atoms with Gasteiger partial charge in [-0.1, -0.05) is 0 Å². The maximum Gasteiger partial charge on any atom is 0.216 e. The summed E-state index contributed by atoms with van der Waals surface area (Å²) in [5.41, 5.74) is 8.90. The number of hydrogen-bond acceptors (Lipinski definition) is 4. The van der Waals surface area contributed by atoms with Crippen LogP contribution in [0.25, 0.3) is 0 Å². The largest absolute Gasteiger partial charge is 0.481 e. The maximum absolute atomic E-state index is 6.02. The molecule has 0 radical (unpaired) electrons. The monoisotopic (exact) mass is 361 g/mol. The molecule has 0 unspecified atom stereocenters. The highest BCUT2D eigenvalue weighted by atomic mass is 127. The summed E-state index contributed by atoms with van der Waals surface area (Å²) in [6, 6.07) is 0. The summed E-state index contributed by atoms with van der Waals surface area (Å²) in [7, 11) is 3.50. The van der Waals surface area contributed by atoms with Gasteiger partial charge < -0.3 is 10.5 Å². The molecule has 7 heteroatoms. The van der Waals surface area contributed by atoms with E-state index in [1.54, 1.807) is 16.5 Å². The summed E-state index contributed by atoms with van der Waals surface area (Å²) >= 11 is 2.20. The Labute approximate surface area is 119 Å². The number of aryl methyl sites for hydroxylation is 3. The number of methoxy groups -OCH3 is 1. The van der Waals surface area contributed by atoms with Crippen LogP contribution in [0.2, 0.25) is 0 Å². The lowest BCUT2D eigenvalue weighted by atomic mass is 10.2. The Morgan fingerprint density at radius 3 is 2.44 bits per heavy atom. The zero-order valence-electron chi connectivity index (χ0n) is 10.9. The number of halogens is 1. The highest BCUT2D eigenvalue weighted by molar-refractivity contribution is 14.1. The van der Waals surface area contributed by atoms with E-state index in [9.17, 15) is 0 Å². The maximum atomic E-state index is 6.02. The van der Waals surface area contributed by atoms with Gasteiger partial charge in [0.2, 0.25) is 5.88 Å². The zero-order chi connectivity index (χ0) is 13.4. The predicted molar refractivity (Wildman–Crippen MR) is 77.7 cm³/mol. The first-order valence-corrected chi connectivity index (χ1v) is 6.58. The fourth-order valence-corrected chi connectivity index (χ4v) is 2.35. The average molecular weight is 361 g/mol. The molecule has 98 valence electrons. The standard InChI is InChI=1S/C11H16IN5O/c1-6-8(11(18-4)16(3)14-6)5-17-10(13)9(12)7(2)15-17/h5,13H2,1-4H3. The molecule has 2 heterocycles. The zero-order valence-corrected chi connectivity index (χ0v) is 13.0. The van der Waals surface area contributed by atoms with Gasteiger partial charge in [0.25, 0.3) is 0 Å². The van der Waals surface area contributed by atoms with Crippen LogP contribution in [-0.2, 0) is 13.6 Å². The second-order valence-corrected chi connectivity index (χ2v) is 5.22. The van der Waals surface area contributed by atoms with E-state index in [1.807, 2.05) is 20.9 Å². The van der Waals surface area contributed by atoms with Crippen molar-refractivity contribution in [1.82, 2.24) is 19.6 Å². The molecule has 0 atom stereocenters. The highest BCUT2D eigenvalue weighted by Gasteiger charge is 2.17. The van der Waals surface area contributed by atoms with E-state index in [4.69, 9.17) is 10.5 Å². The number of nitrogens with two attached hydrogens (primary N) is 1. The number of hydrogen-bond donors (Lipinski definition) is 1. The molecule has 2 rings (SSSR count). The second-order valence-electron chi connectivity index (χ2n) is 4.14. The molecule has 0 bridgehead atoms. The van der Waals surface area contributed by atoms with Crippen molar-refractivity contribution in [3.8, 4) is 5.88 Å². The van der Waals surface area contributed by atoms with E-state index < -0.39 is 0 Å². The predicted octanol–water partition coefficient (Wildman–Crippen LogP) is 1.48. The molecule has 0 saturated carbocycles. The van der Waals surface area contributed by atoms with Crippen LogP contribution in [0.4, 0.5) is 5.82 Å². The van der Waals surface area contributed by atoms with Crippen LogP contribution in [0.15, 0.2) is 0 Å². The Kier molecular flexibility index (Phi) is 3.51. The molecular weight excluding hydrogens is 345 g/mol. The van der Waals surface area contributed by atoms with E-state index in [-0.39, 0.29) is 0 Å². The summed E-state index contributed by atoms with van der Waals surface area (Å²) in [6.45, 7) is 4.47. The fraction of sp³-hybridized carbons (Fsp3) is 0.455. The van der Waals surface area contributed by atoms with Crippen molar-refractivity contribution in [1.29, 1.82) is 0 Å². The Balaban J connectivity index is 2.42. The Morgan fingerprint density at radius 2 is 1.94 bits per heavy atom. The third-order valence-electron chi connectivity index (χ3n) is 2.88. The second kappa shape index (κ2) is 4.79. The molecule has 0 aliphatic heterocycles. The first-order chi connectivity index (χ1) is 8.45. The minimum atomic E-state index is 0.568. The number of nitrogen functional groups attached to an aromatic ring is 1. The van der Waals surface area contributed by atoms with Crippen molar-refractivity contribution in [2.45, 2.75) is 20.4 Å². The third-order valence-corrected chi connectivity index (χ3v) is 4.21. The summed E-state index contributed by atoms with van der Waals surface area (Å²) < 4.78 is 9.86. The minimum Gasteiger partial charge on any atom is -0.481 e. The van der Waals surface area contributed by atoms with Gasteiger partial charge in [0, 0.05) is 7.05 Å². The third kappa shape index (κ3) is 2.06. The van der Waals surface area contributed by atoms with Crippen LogP contribution in [0.3, 0.4) is 0 Å². The lowest BCUT2D eigenvalue weighted by Crippen LogP contribution is -2.08. The Hall–Kier alpha value is -1.25. The van der Waals surface area contributed by atoms with Crippen LogP contribution in [-0.4, -0.2) is 26.7 Å². The van der Waals surface area contributed by atoms with E-state index in [0.717, 1.165) is 26.4 Å². The number of aromatic nitrogens is 4. The van der Waals surface area contributed by atoms with Gasteiger partial charge in [-0.25, -0.2) is 9.36 Å². The molecule has 0 aromatic carbocycles. The molecule has 0 saturated heterocycles. The van der Waals surface area contributed by atoms with Crippen molar-refractivity contribution in [2.75, 3.05) is 12.8 Å². The van der Waals surface area contributed by atoms with Crippen LogP contribution < -0.4 is 10.5 Å². The molecule has 0 amide bonds. The van der Waals surface area contributed by atoms with Crippen molar-refractivity contribution >= 4 is 28.4 Å². The number of anilines is 1. The molecule has 0 fully saturated rings. The SMILES string of the molecule is COc1c(Cn2nc(C)c(I)c2N)c(C)nn1C. The minimum absolute atomic E-state index is 0.568. The number of nitrogens with zero attached hydrogens (tertiary/aromatic N) is 4. The molecule has 2 aromatic rings. The quantitative estimate of drug-likeness (QED) is 0.841. The molecule has 0 aliphatic rings. The highest BCUT2D eigenvalue weighted by Crippen LogP contribution is 2.25. The lowest BCUT2D eigenvalue weighted by molar-refractivity contribution is 0.368. The molecule has 18 heavy (non-hydrogen) atoms. The first kappa shape index (κ1) is 13.2. The van der Waals surface area contributed by atoms with Crippen LogP contribution in [0.5, 0.6) is 5.88 Å². The fourth-order valence-electron chi connectivity index (χ4n) is 1.97. The summed E-state index contributed by atoms with van der Waals surface area (Å²) in [5.74, 6) is 1.42. The van der Waals surface area contributed by atoms with E-state index in [0.29, 0.717) is 12.4 Å². The average Bonchev–Trinajstić information content (AvgIpc) is 2.72. The summed E-state index contributed by atoms with van der Waals surface area (Å²) in [6.07, 6.45) is 0. The van der Waals surface area contributed by atoms with E-state index in [2.05, 4.69) is 32.8 Å². The number of rotatable bonds is 3.